The summed E-state index contributed by atoms with van der Waals surface area (Å²) in [4.78, 5) is 43.7. The highest BCUT2D eigenvalue weighted by atomic mass is 35.5. The van der Waals surface area contributed by atoms with E-state index in [4.69, 9.17) is 11.6 Å². The zero-order valence-electron chi connectivity index (χ0n) is 16.3. The molecule has 0 radical (unpaired) electrons. The van der Waals surface area contributed by atoms with Crippen molar-refractivity contribution in [1.29, 1.82) is 0 Å². The van der Waals surface area contributed by atoms with Gasteiger partial charge in [0.15, 0.2) is 0 Å². The van der Waals surface area contributed by atoms with Crippen molar-refractivity contribution >= 4 is 23.4 Å². The molecular formula is C21H20ClN5O3. The lowest BCUT2D eigenvalue weighted by Crippen LogP contribution is -2.46. The van der Waals surface area contributed by atoms with Crippen molar-refractivity contribution in [1.82, 2.24) is 25.0 Å². The number of aromatic amines is 1. The van der Waals surface area contributed by atoms with Crippen molar-refractivity contribution in [3.63, 3.8) is 0 Å². The van der Waals surface area contributed by atoms with Crippen LogP contribution in [0.3, 0.4) is 0 Å². The van der Waals surface area contributed by atoms with Crippen LogP contribution in [-0.4, -0.2) is 38.0 Å². The summed E-state index contributed by atoms with van der Waals surface area (Å²) in [6.45, 7) is 1.89. The smallest absolute Gasteiger partial charge is 0.276 e. The molecule has 8 nitrogen and oxygen atoms in total. The van der Waals surface area contributed by atoms with Crippen molar-refractivity contribution in [2.24, 2.45) is 0 Å². The normalized spacial score (nSPS) is 15.7. The Morgan fingerprint density at radius 3 is 2.83 bits per heavy atom. The van der Waals surface area contributed by atoms with Gasteiger partial charge in [0.25, 0.3) is 5.56 Å². The molecule has 3 aromatic rings. The van der Waals surface area contributed by atoms with E-state index in [0.29, 0.717) is 22.0 Å². The summed E-state index contributed by atoms with van der Waals surface area (Å²) in [5, 5.41) is 6.28. The van der Waals surface area contributed by atoms with Gasteiger partial charge >= 0.3 is 0 Å². The minimum Gasteiger partial charge on any atom is -0.349 e. The predicted octanol–water partition coefficient (Wildman–Crippen LogP) is 1.98. The Kier molecular flexibility index (Phi) is 5.41. The molecule has 0 saturated heterocycles. The molecule has 0 saturated carbocycles. The van der Waals surface area contributed by atoms with Crippen LogP contribution >= 0.6 is 11.6 Å². The summed E-state index contributed by atoms with van der Waals surface area (Å²) >= 11 is 6.04. The average Bonchev–Trinajstić information content (AvgIpc) is 3.06. The van der Waals surface area contributed by atoms with E-state index in [9.17, 15) is 14.4 Å². The number of hydrogen-bond donors (Lipinski definition) is 2. The SMILES string of the molecule is CC1c2c([nH]n(-c3cccc(Cl)c3)c2=O)CC(=O)N1CC(=O)NCc1ccccn1. The number of carbonyl (C=O) groups excluding carboxylic acids is 2. The van der Waals surface area contributed by atoms with Crippen LogP contribution in [0.2, 0.25) is 5.02 Å². The van der Waals surface area contributed by atoms with Crippen molar-refractivity contribution in [2.45, 2.75) is 25.9 Å². The summed E-state index contributed by atoms with van der Waals surface area (Å²) in [5.74, 6) is -0.530. The monoisotopic (exact) mass is 425 g/mol. The number of nitrogens with one attached hydrogen (secondary N) is 2. The number of hydrogen-bond acceptors (Lipinski definition) is 4. The lowest BCUT2D eigenvalue weighted by Gasteiger charge is -2.32. The van der Waals surface area contributed by atoms with Crippen LogP contribution in [0.25, 0.3) is 5.69 Å². The first-order valence-corrected chi connectivity index (χ1v) is 9.87. The topological polar surface area (TPSA) is 100 Å². The lowest BCUT2D eigenvalue weighted by molar-refractivity contribution is -0.138. The molecule has 3 heterocycles. The minimum absolute atomic E-state index is 0.0238. The van der Waals surface area contributed by atoms with Crippen LogP contribution in [0.15, 0.2) is 53.5 Å². The number of rotatable bonds is 5. The van der Waals surface area contributed by atoms with E-state index in [1.165, 1.54) is 9.58 Å². The Morgan fingerprint density at radius 2 is 2.10 bits per heavy atom. The number of halogens is 1. The van der Waals surface area contributed by atoms with Crippen LogP contribution in [0.5, 0.6) is 0 Å². The Labute approximate surface area is 177 Å². The number of carbonyl (C=O) groups is 2. The van der Waals surface area contributed by atoms with E-state index < -0.39 is 6.04 Å². The zero-order chi connectivity index (χ0) is 21.3. The lowest BCUT2D eigenvalue weighted by atomic mass is 10.00. The van der Waals surface area contributed by atoms with E-state index in [-0.39, 0.29) is 36.9 Å². The number of aromatic nitrogens is 3. The molecule has 1 aliphatic rings. The van der Waals surface area contributed by atoms with Gasteiger partial charge in [0.1, 0.15) is 6.54 Å². The molecule has 0 bridgehead atoms. The zero-order valence-corrected chi connectivity index (χ0v) is 17.0. The van der Waals surface area contributed by atoms with Gasteiger partial charge in [-0.3, -0.25) is 24.5 Å². The second-order valence-corrected chi connectivity index (χ2v) is 7.53. The van der Waals surface area contributed by atoms with Gasteiger partial charge in [-0.15, -0.1) is 0 Å². The van der Waals surface area contributed by atoms with E-state index >= 15 is 0 Å². The Morgan fingerprint density at radius 1 is 1.27 bits per heavy atom. The number of H-pyrrole nitrogens is 1. The summed E-state index contributed by atoms with van der Waals surface area (Å²) in [6.07, 6.45) is 1.67. The molecule has 0 aliphatic carbocycles. The Bertz CT molecular complexity index is 1150. The number of amides is 2. The summed E-state index contributed by atoms with van der Waals surface area (Å²) in [5.41, 5.74) is 2.09. The Hall–Kier alpha value is -3.39. The van der Waals surface area contributed by atoms with Crippen LogP contribution in [-0.2, 0) is 22.6 Å². The number of fused-ring (bicyclic) bond motifs is 1. The maximum absolute atomic E-state index is 13.0. The van der Waals surface area contributed by atoms with Gasteiger partial charge in [-0.2, -0.15) is 0 Å². The molecule has 1 unspecified atom stereocenters. The molecule has 2 N–H and O–H groups in total. The molecule has 1 aliphatic heterocycles. The van der Waals surface area contributed by atoms with E-state index in [1.54, 1.807) is 49.5 Å². The van der Waals surface area contributed by atoms with Crippen molar-refractivity contribution in [2.75, 3.05) is 6.54 Å². The molecule has 0 fully saturated rings. The van der Waals surface area contributed by atoms with Gasteiger partial charge in [0, 0.05) is 11.2 Å². The highest BCUT2D eigenvalue weighted by Crippen LogP contribution is 2.27. The average molecular weight is 426 g/mol. The fraction of sp³-hybridized carbons (Fsp3) is 0.238. The third kappa shape index (κ3) is 3.86. The minimum atomic E-state index is -0.536. The highest BCUT2D eigenvalue weighted by Gasteiger charge is 2.35. The van der Waals surface area contributed by atoms with Gasteiger partial charge < -0.3 is 10.2 Å². The fourth-order valence-corrected chi connectivity index (χ4v) is 3.79. The Balaban J connectivity index is 1.53. The molecule has 4 rings (SSSR count). The van der Waals surface area contributed by atoms with Gasteiger partial charge in [-0.05, 0) is 37.3 Å². The molecule has 0 spiro atoms. The van der Waals surface area contributed by atoms with Crippen LogP contribution < -0.4 is 10.9 Å². The van der Waals surface area contributed by atoms with E-state index in [0.717, 1.165) is 5.69 Å². The maximum Gasteiger partial charge on any atom is 0.276 e. The van der Waals surface area contributed by atoms with Crippen LogP contribution in [0.1, 0.15) is 29.9 Å². The largest absolute Gasteiger partial charge is 0.349 e. The summed E-state index contributed by atoms with van der Waals surface area (Å²) < 4.78 is 1.38. The number of pyridine rings is 1. The van der Waals surface area contributed by atoms with Crippen molar-refractivity contribution in [3.8, 4) is 5.69 Å². The molecule has 9 heteroatoms. The van der Waals surface area contributed by atoms with Gasteiger partial charge in [-0.1, -0.05) is 23.7 Å². The first kappa shape index (κ1) is 19.9. The van der Waals surface area contributed by atoms with Gasteiger partial charge in [0.2, 0.25) is 11.8 Å². The predicted molar refractivity (Wildman–Crippen MR) is 111 cm³/mol. The summed E-state index contributed by atoms with van der Waals surface area (Å²) in [7, 11) is 0. The van der Waals surface area contributed by atoms with E-state index in [1.807, 2.05) is 6.07 Å². The fourth-order valence-electron chi connectivity index (χ4n) is 3.61. The number of benzene rings is 1. The highest BCUT2D eigenvalue weighted by molar-refractivity contribution is 6.30. The molecule has 2 aromatic heterocycles. The first-order valence-electron chi connectivity index (χ1n) is 9.50. The molecule has 30 heavy (non-hydrogen) atoms. The summed E-state index contributed by atoms with van der Waals surface area (Å²) in [6, 6.07) is 11.8. The molecule has 154 valence electrons. The van der Waals surface area contributed by atoms with Gasteiger partial charge in [0.05, 0.1) is 41.6 Å². The van der Waals surface area contributed by atoms with Crippen LogP contribution in [0.4, 0.5) is 0 Å². The second kappa shape index (κ2) is 8.16. The molecule has 1 aromatic carbocycles. The second-order valence-electron chi connectivity index (χ2n) is 7.10. The van der Waals surface area contributed by atoms with Crippen LogP contribution in [0, 0.1) is 0 Å². The van der Waals surface area contributed by atoms with Crippen molar-refractivity contribution in [3.05, 3.63) is 81.0 Å². The molecular weight excluding hydrogens is 406 g/mol. The first-order chi connectivity index (χ1) is 14.4. The maximum atomic E-state index is 13.0. The third-order valence-corrected chi connectivity index (χ3v) is 5.35. The van der Waals surface area contributed by atoms with E-state index in [2.05, 4.69) is 15.4 Å². The standard InChI is InChI=1S/C21H20ClN5O3/c1-13-20-17(25-27(21(20)30)16-7-4-5-14(22)9-16)10-19(29)26(13)12-18(28)24-11-15-6-2-3-8-23-15/h2-9,13,25H,10-12H2,1H3,(H,24,28). The third-order valence-electron chi connectivity index (χ3n) is 5.11. The van der Waals surface area contributed by atoms with Gasteiger partial charge in [-0.25, -0.2) is 4.68 Å². The number of nitrogens with zero attached hydrogens (tertiary/aromatic N) is 3. The molecule has 2 amide bonds. The van der Waals surface area contributed by atoms with Crippen molar-refractivity contribution < 1.29 is 9.59 Å². The molecule has 1 atom stereocenters. The quantitative estimate of drug-likeness (QED) is 0.652.